The second-order valence-electron chi connectivity index (χ2n) is 22.3. The molecule has 5 rings (SSSR count). The number of aliphatic hydroxyl groups is 3. The minimum atomic E-state index is -3.76. The smallest absolute Gasteiger partial charge is 0.407 e. The van der Waals surface area contributed by atoms with Gasteiger partial charge in [0.1, 0.15) is 36.2 Å². The highest BCUT2D eigenvalue weighted by atomic mass is 31.2. The van der Waals surface area contributed by atoms with E-state index in [0.717, 1.165) is 5.57 Å². The molecule has 80 heavy (non-hydrogen) atoms. The molecule has 0 aromatic rings. The minimum absolute atomic E-state index is 0.00514. The number of allylic oxidation sites excluding steroid dienone is 6. The molecule has 18 atom stereocenters. The fraction of sp³-hybridized carbons (Fsp3) is 0.745. The minimum Gasteiger partial charge on any atom is -0.460 e. The van der Waals surface area contributed by atoms with E-state index in [9.17, 15) is 58.4 Å². The molecule has 0 radical (unpaired) electrons. The number of ether oxygens (including phenoxy) is 6. The van der Waals surface area contributed by atoms with Crippen molar-refractivity contribution in [3.63, 3.8) is 0 Å². The van der Waals surface area contributed by atoms with Crippen LogP contribution in [0.2, 0.25) is 0 Å². The lowest BCUT2D eigenvalue weighted by Crippen LogP contribution is -2.65. The summed E-state index contributed by atoms with van der Waals surface area (Å²) in [6, 6.07) is -1.25. The van der Waals surface area contributed by atoms with E-state index >= 15 is 0 Å². The van der Waals surface area contributed by atoms with E-state index < -0.39 is 137 Å². The van der Waals surface area contributed by atoms with Crippen LogP contribution in [0.3, 0.4) is 0 Å². The molecular formula is C55H86N2O21P2. The van der Waals surface area contributed by atoms with E-state index in [2.05, 4.69) is 14.4 Å². The number of carbonyl (C=O) groups is 6. The van der Waals surface area contributed by atoms with Gasteiger partial charge in [0.25, 0.3) is 17.7 Å². The number of rotatable bonds is 14. The van der Waals surface area contributed by atoms with Crippen LogP contribution in [0.5, 0.6) is 0 Å². The molecule has 5 aliphatic rings. The Morgan fingerprint density at radius 2 is 1.65 bits per heavy atom. The van der Waals surface area contributed by atoms with Crippen molar-refractivity contribution in [1.29, 1.82) is 0 Å². The van der Waals surface area contributed by atoms with Crippen LogP contribution in [0, 0.1) is 41.4 Å². The van der Waals surface area contributed by atoms with Crippen molar-refractivity contribution in [3.8, 4) is 0 Å². The Bertz CT molecular complexity index is 2300. The van der Waals surface area contributed by atoms with Gasteiger partial charge in [-0.15, -0.1) is 0 Å². The summed E-state index contributed by atoms with van der Waals surface area (Å²) in [4.78, 5) is 113. The molecule has 0 aromatic carbocycles. The number of aliphatic hydroxyl groups excluding tert-OH is 1. The van der Waals surface area contributed by atoms with Crippen LogP contribution in [0.25, 0.3) is 0 Å². The van der Waals surface area contributed by atoms with E-state index in [4.69, 9.17) is 33.3 Å². The molecular weight excluding hydrogens is 1090 g/mol. The molecule has 25 heteroatoms. The van der Waals surface area contributed by atoms with Crippen LogP contribution in [0.1, 0.15) is 125 Å². The van der Waals surface area contributed by atoms with Crippen molar-refractivity contribution in [3.05, 3.63) is 47.6 Å². The summed E-state index contributed by atoms with van der Waals surface area (Å²) in [5.41, 5.74) is 1.17. The zero-order valence-electron chi connectivity index (χ0n) is 47.4. The zero-order chi connectivity index (χ0) is 59.2. The average Bonchev–Trinajstić information content (AvgIpc) is 3.39. The van der Waals surface area contributed by atoms with Gasteiger partial charge < -0.3 is 68.6 Å². The van der Waals surface area contributed by atoms with Gasteiger partial charge in [-0.2, -0.15) is 0 Å². The number of nitrogens with one attached hydrogen (secondary N) is 1. The number of ketones is 3. The molecule has 0 spiro atoms. The Morgan fingerprint density at radius 3 is 2.31 bits per heavy atom. The van der Waals surface area contributed by atoms with Crippen molar-refractivity contribution in [2.45, 2.75) is 186 Å². The van der Waals surface area contributed by atoms with Crippen molar-refractivity contribution in [2.75, 3.05) is 34.4 Å². The molecule has 452 valence electrons. The maximum Gasteiger partial charge on any atom is 0.407 e. The van der Waals surface area contributed by atoms with E-state index in [1.165, 1.54) is 19.1 Å². The maximum absolute atomic E-state index is 14.6. The number of carbonyl (C=O) groups excluding carboxylic acids is 6. The summed E-state index contributed by atoms with van der Waals surface area (Å²) in [6.45, 7) is 10.4. The number of methoxy groups -OCH3 is 3. The summed E-state index contributed by atoms with van der Waals surface area (Å²) in [5, 5.41) is 36.5. The number of piperidine rings is 1. The van der Waals surface area contributed by atoms with Crippen molar-refractivity contribution < 1.29 is 101 Å². The topological polar surface area (TPSA) is 330 Å². The van der Waals surface area contributed by atoms with E-state index in [-0.39, 0.29) is 55.8 Å². The largest absolute Gasteiger partial charge is 0.460 e. The van der Waals surface area contributed by atoms with Crippen LogP contribution in [0.15, 0.2) is 47.6 Å². The molecule has 2 amide bonds. The van der Waals surface area contributed by atoms with Gasteiger partial charge >= 0.3 is 28.9 Å². The Morgan fingerprint density at radius 1 is 0.925 bits per heavy atom. The standard InChI is InChI=1S/C55H86N2O21P2/c1-31-15-11-10-12-16-32(2)43(71-7)29-38-20-18-36(6)55(66,76-38)50(61)51(62)57-24-13-17-39-40(44(74-52(63)46(39)57)30-41(58)33(3)26-35(5)48(60)49(73-9)47(59)34(4)25-31)27-37-19-21-42(45(28-37)72-8)75-53(64)56-23-14-22-54(65,77-79(67)68)78-80(69)70/h10-12,15-16,26,31,33-34,36-40,42-46,48-49,60,65-68,80H,13-14,17-25,27-30H2,1-9H3,(H,56,64)(H,69,70)/b12-10+,15-11+,32-16+,35-26+/t31-,33?,34?,36?,37?,38+,39-,40?,42-,43+,44+,45?,46?,48?,49+,54?,55?/m1/s1. The van der Waals surface area contributed by atoms with Gasteiger partial charge in [-0.05, 0) is 107 Å². The average molecular weight is 1170 g/mol. The number of Topliss-reactive ketones (excluding diaryl/α,β-unsaturated/α-hetero) is 3. The normalized spacial score (nSPS) is 38.1. The highest BCUT2D eigenvalue weighted by molar-refractivity contribution is 7.39. The SMILES string of the molecule is COC1CC(CC2[C@H]3CCCN4C(=O)C(=O)C5(O)O[C@@H](CCC5C)C[C@H](OC)/C(C)=C/C=C/C=C/[C@@H](C)CC(C)C(=O)[C@H](OC)C(O)/C(C)=C/C(C)C(=O)C[C@@H]2OC(=O)C34)CC[C@H]1OC(=O)NCCCC(O)(OP(O)O)O[PH](=O)O. The van der Waals surface area contributed by atoms with Gasteiger partial charge in [-0.1, -0.05) is 64.2 Å². The van der Waals surface area contributed by atoms with Crippen LogP contribution < -0.4 is 5.32 Å². The van der Waals surface area contributed by atoms with E-state index in [0.29, 0.717) is 63.4 Å². The van der Waals surface area contributed by atoms with Crippen molar-refractivity contribution in [2.24, 2.45) is 41.4 Å². The predicted molar refractivity (Wildman–Crippen MR) is 290 cm³/mol. The van der Waals surface area contributed by atoms with Gasteiger partial charge in [-0.25, -0.2) is 9.59 Å². The first-order chi connectivity index (χ1) is 37.8. The first-order valence-electron chi connectivity index (χ1n) is 27.7. The van der Waals surface area contributed by atoms with E-state index in [1.54, 1.807) is 40.9 Å². The third-order valence-corrected chi connectivity index (χ3v) is 17.5. The lowest BCUT2D eigenvalue weighted by molar-refractivity contribution is -0.279. The molecule has 1 saturated carbocycles. The number of esters is 1. The Hall–Kier alpha value is -3.64. The maximum atomic E-state index is 14.6. The second kappa shape index (κ2) is 30.8. The number of amides is 2. The summed E-state index contributed by atoms with van der Waals surface area (Å²) < 4.78 is 55.6. The van der Waals surface area contributed by atoms with Crippen molar-refractivity contribution in [1.82, 2.24) is 10.2 Å². The summed E-state index contributed by atoms with van der Waals surface area (Å²) >= 11 is 0. The third-order valence-electron chi connectivity index (χ3n) is 16.6. The number of fused-ring (bicyclic) bond motifs is 4. The number of hydrogen-bond acceptors (Lipinski definition) is 20. The molecule has 4 aliphatic heterocycles. The lowest BCUT2D eigenvalue weighted by Gasteiger charge is -2.50. The molecule has 7 N–H and O–H groups in total. The molecule has 4 bridgehead atoms. The first kappa shape index (κ1) is 67.2. The number of hydrogen-bond donors (Lipinski definition) is 7. The van der Waals surface area contributed by atoms with Crippen LogP contribution >= 0.6 is 16.9 Å². The van der Waals surface area contributed by atoms with Gasteiger partial charge in [-0.3, -0.25) is 32.8 Å². The van der Waals surface area contributed by atoms with Crippen LogP contribution in [-0.2, 0) is 66.0 Å². The second-order valence-corrected chi connectivity index (χ2v) is 23.8. The van der Waals surface area contributed by atoms with Crippen molar-refractivity contribution >= 4 is 52.2 Å². The molecule has 11 unspecified atom stereocenters. The molecule has 0 aromatic heterocycles. The first-order valence-corrected chi connectivity index (χ1v) is 30.1. The fourth-order valence-electron chi connectivity index (χ4n) is 12.1. The number of alkyl carbamates (subject to hydrolysis) is 1. The molecule has 4 heterocycles. The Balaban J connectivity index is 1.43. The zero-order valence-corrected chi connectivity index (χ0v) is 49.3. The molecule has 4 fully saturated rings. The summed E-state index contributed by atoms with van der Waals surface area (Å²) in [7, 11) is -2.57. The Labute approximate surface area is 470 Å². The van der Waals surface area contributed by atoms with Crippen LogP contribution in [-0.4, -0.2) is 165 Å². The quantitative estimate of drug-likeness (QED) is 0.0294. The predicted octanol–water partition coefficient (Wildman–Crippen LogP) is 5.19. The molecule has 23 nitrogen and oxygen atoms in total. The van der Waals surface area contributed by atoms with Gasteiger partial charge in [0.2, 0.25) is 5.79 Å². The van der Waals surface area contributed by atoms with Gasteiger partial charge in [0, 0.05) is 77.4 Å². The number of nitrogens with zero attached hydrogens (tertiary/aromatic N) is 1. The summed E-state index contributed by atoms with van der Waals surface area (Å²) in [6.07, 6.45) is 7.05. The highest BCUT2D eigenvalue weighted by Crippen LogP contribution is 2.46. The van der Waals surface area contributed by atoms with Gasteiger partial charge in [0.15, 0.2) is 5.78 Å². The lowest BCUT2D eigenvalue weighted by atomic mass is 9.68. The van der Waals surface area contributed by atoms with Gasteiger partial charge in [0.05, 0.1) is 18.3 Å². The fourth-order valence-corrected chi connectivity index (χ4v) is 13.0. The summed E-state index contributed by atoms with van der Waals surface area (Å²) in [5.74, 6) is -12.5. The monoisotopic (exact) mass is 1170 g/mol. The Kier molecular flexibility index (Phi) is 25.8. The van der Waals surface area contributed by atoms with E-state index in [1.807, 2.05) is 44.2 Å². The highest BCUT2D eigenvalue weighted by Gasteiger charge is 2.57. The third kappa shape index (κ3) is 17.9. The van der Waals surface area contributed by atoms with Crippen LogP contribution in [0.4, 0.5) is 4.79 Å². The molecule has 1 aliphatic carbocycles. The molecule has 3 saturated heterocycles.